The van der Waals surface area contributed by atoms with Crippen LogP contribution in [-0.2, 0) is 21.3 Å². The highest BCUT2D eigenvalue weighted by atomic mass is 32.2. The maximum atomic E-state index is 12.8. The molecule has 1 saturated carbocycles. The lowest BCUT2D eigenvalue weighted by atomic mass is 10.2. The molecule has 7 heteroatoms. The van der Waals surface area contributed by atoms with Crippen LogP contribution in [0.25, 0.3) is 0 Å². The molecule has 1 unspecified atom stereocenters. The molecule has 2 rings (SSSR count). The van der Waals surface area contributed by atoms with Gasteiger partial charge >= 0.3 is 0 Å². The summed E-state index contributed by atoms with van der Waals surface area (Å²) in [6.07, 6.45) is 3.68. The summed E-state index contributed by atoms with van der Waals surface area (Å²) in [7, 11) is -2.03. The molecule has 0 aliphatic heterocycles. The molecule has 1 heterocycles. The van der Waals surface area contributed by atoms with Gasteiger partial charge in [-0.3, -0.25) is 0 Å². The van der Waals surface area contributed by atoms with E-state index in [2.05, 4.69) is 4.98 Å². The standard InChI is InChI=1S/C14H23N3O3S/c1-11(13-4-5-13)17(7-8-20-2)21(18,19)14-6-3-12(9-15)10-16-14/h3,6,10-11,13H,4-5,7-9,15H2,1-2H3. The zero-order valence-electron chi connectivity index (χ0n) is 12.5. The fourth-order valence-electron chi connectivity index (χ4n) is 2.34. The first-order chi connectivity index (χ1) is 10.0. The van der Waals surface area contributed by atoms with E-state index in [1.807, 2.05) is 6.92 Å². The first kappa shape index (κ1) is 16.4. The molecule has 0 spiro atoms. The lowest BCUT2D eigenvalue weighted by molar-refractivity contribution is 0.164. The summed E-state index contributed by atoms with van der Waals surface area (Å²) >= 11 is 0. The SMILES string of the molecule is COCCN(C(C)C1CC1)S(=O)(=O)c1ccc(CN)cn1. The molecule has 21 heavy (non-hydrogen) atoms. The maximum absolute atomic E-state index is 12.8. The van der Waals surface area contributed by atoms with Gasteiger partial charge in [0.1, 0.15) is 0 Å². The van der Waals surface area contributed by atoms with Gasteiger partial charge < -0.3 is 10.5 Å². The van der Waals surface area contributed by atoms with E-state index in [1.165, 1.54) is 16.6 Å². The molecule has 118 valence electrons. The Labute approximate surface area is 126 Å². The van der Waals surface area contributed by atoms with Crippen LogP contribution in [0.15, 0.2) is 23.4 Å². The normalized spacial score (nSPS) is 17.1. The number of aromatic nitrogens is 1. The topological polar surface area (TPSA) is 85.5 Å². The first-order valence-corrected chi connectivity index (χ1v) is 8.60. The molecule has 6 nitrogen and oxygen atoms in total. The van der Waals surface area contributed by atoms with Crippen molar-refractivity contribution in [1.82, 2.24) is 9.29 Å². The number of nitrogens with two attached hydrogens (primary N) is 1. The Morgan fingerprint density at radius 2 is 2.19 bits per heavy atom. The maximum Gasteiger partial charge on any atom is 0.260 e. The lowest BCUT2D eigenvalue weighted by Gasteiger charge is -2.27. The van der Waals surface area contributed by atoms with E-state index >= 15 is 0 Å². The van der Waals surface area contributed by atoms with E-state index in [0.717, 1.165) is 18.4 Å². The molecule has 1 aromatic heterocycles. The molecule has 0 bridgehead atoms. The number of rotatable bonds is 8. The van der Waals surface area contributed by atoms with Gasteiger partial charge in [-0.15, -0.1) is 0 Å². The second-order valence-electron chi connectivity index (χ2n) is 5.40. The number of hydrogen-bond acceptors (Lipinski definition) is 5. The van der Waals surface area contributed by atoms with Crippen molar-refractivity contribution in [2.75, 3.05) is 20.3 Å². The van der Waals surface area contributed by atoms with Gasteiger partial charge in [-0.25, -0.2) is 13.4 Å². The van der Waals surface area contributed by atoms with Crippen LogP contribution in [0.3, 0.4) is 0 Å². The lowest BCUT2D eigenvalue weighted by Crippen LogP contribution is -2.42. The van der Waals surface area contributed by atoms with E-state index in [9.17, 15) is 8.42 Å². The molecule has 1 fully saturated rings. The summed E-state index contributed by atoms with van der Waals surface area (Å²) < 4.78 is 32.1. The van der Waals surface area contributed by atoms with Crippen LogP contribution in [-0.4, -0.2) is 44.0 Å². The minimum absolute atomic E-state index is 0.0267. The Bertz CT molecular complexity index is 555. The molecule has 1 aliphatic carbocycles. The number of ether oxygens (including phenoxy) is 1. The van der Waals surface area contributed by atoms with Crippen molar-refractivity contribution >= 4 is 10.0 Å². The number of nitrogens with zero attached hydrogens (tertiary/aromatic N) is 2. The molecular formula is C14H23N3O3S. The van der Waals surface area contributed by atoms with E-state index in [1.54, 1.807) is 13.2 Å². The average molecular weight is 313 g/mol. The Morgan fingerprint density at radius 1 is 1.48 bits per heavy atom. The predicted molar refractivity (Wildman–Crippen MR) is 80.1 cm³/mol. The molecule has 1 aromatic rings. The van der Waals surface area contributed by atoms with E-state index in [0.29, 0.717) is 25.6 Å². The van der Waals surface area contributed by atoms with Crippen LogP contribution in [0, 0.1) is 5.92 Å². The largest absolute Gasteiger partial charge is 0.383 e. The monoisotopic (exact) mass is 313 g/mol. The van der Waals surface area contributed by atoms with Crippen molar-refractivity contribution in [2.24, 2.45) is 11.7 Å². The summed E-state index contributed by atoms with van der Waals surface area (Å²) in [5, 5.41) is 0.0725. The van der Waals surface area contributed by atoms with Crippen LogP contribution in [0.5, 0.6) is 0 Å². The fourth-order valence-corrected chi connectivity index (χ4v) is 3.93. The van der Waals surface area contributed by atoms with Gasteiger partial charge in [0.2, 0.25) is 0 Å². The quantitative estimate of drug-likeness (QED) is 0.773. The number of methoxy groups -OCH3 is 1. The van der Waals surface area contributed by atoms with Gasteiger partial charge in [-0.05, 0) is 37.3 Å². The van der Waals surface area contributed by atoms with Crippen molar-refractivity contribution in [3.05, 3.63) is 23.9 Å². The van der Waals surface area contributed by atoms with Crippen molar-refractivity contribution in [3.63, 3.8) is 0 Å². The van der Waals surface area contributed by atoms with Crippen LogP contribution in [0.2, 0.25) is 0 Å². The predicted octanol–water partition coefficient (Wildman–Crippen LogP) is 0.976. The molecule has 0 aromatic carbocycles. The van der Waals surface area contributed by atoms with Crippen LogP contribution < -0.4 is 5.73 Å². The molecule has 0 radical (unpaired) electrons. The van der Waals surface area contributed by atoms with Gasteiger partial charge in [0.25, 0.3) is 10.0 Å². The molecule has 1 atom stereocenters. The van der Waals surface area contributed by atoms with Crippen LogP contribution in [0.4, 0.5) is 0 Å². The fraction of sp³-hybridized carbons (Fsp3) is 0.643. The summed E-state index contributed by atoms with van der Waals surface area (Å²) in [6, 6.07) is 3.20. The minimum atomic E-state index is -3.60. The van der Waals surface area contributed by atoms with Gasteiger partial charge in [-0.2, -0.15) is 4.31 Å². The third-order valence-corrected chi connectivity index (χ3v) is 5.78. The average Bonchev–Trinajstić information content (AvgIpc) is 3.32. The summed E-state index contributed by atoms with van der Waals surface area (Å²) in [6.45, 7) is 3.02. The molecule has 1 aliphatic rings. The zero-order valence-corrected chi connectivity index (χ0v) is 13.3. The Hall–Kier alpha value is -1.02. The highest BCUT2D eigenvalue weighted by Gasteiger charge is 2.38. The van der Waals surface area contributed by atoms with E-state index in [4.69, 9.17) is 10.5 Å². The van der Waals surface area contributed by atoms with Crippen LogP contribution >= 0.6 is 0 Å². The Balaban J connectivity index is 2.26. The van der Waals surface area contributed by atoms with Gasteiger partial charge in [-0.1, -0.05) is 6.07 Å². The Morgan fingerprint density at radius 3 is 2.67 bits per heavy atom. The molecule has 0 saturated heterocycles. The zero-order chi connectivity index (χ0) is 15.5. The summed E-state index contributed by atoms with van der Waals surface area (Å²) in [5.74, 6) is 0.444. The van der Waals surface area contributed by atoms with Crippen molar-refractivity contribution in [3.8, 4) is 0 Å². The first-order valence-electron chi connectivity index (χ1n) is 7.16. The summed E-state index contributed by atoms with van der Waals surface area (Å²) in [4.78, 5) is 4.06. The number of sulfonamides is 1. The smallest absolute Gasteiger partial charge is 0.260 e. The van der Waals surface area contributed by atoms with E-state index < -0.39 is 10.0 Å². The molecular weight excluding hydrogens is 290 g/mol. The minimum Gasteiger partial charge on any atom is -0.383 e. The van der Waals surface area contributed by atoms with Crippen molar-refractivity contribution in [1.29, 1.82) is 0 Å². The Kier molecular flexibility index (Phi) is 5.32. The highest BCUT2D eigenvalue weighted by Crippen LogP contribution is 2.36. The third kappa shape index (κ3) is 3.79. The van der Waals surface area contributed by atoms with Gasteiger partial charge in [0.05, 0.1) is 6.61 Å². The third-order valence-electron chi connectivity index (χ3n) is 3.88. The van der Waals surface area contributed by atoms with E-state index in [-0.39, 0.29) is 11.1 Å². The molecule has 0 amide bonds. The number of pyridine rings is 1. The second kappa shape index (κ2) is 6.83. The summed E-state index contributed by atoms with van der Waals surface area (Å²) in [5.41, 5.74) is 6.33. The second-order valence-corrected chi connectivity index (χ2v) is 7.23. The highest BCUT2D eigenvalue weighted by molar-refractivity contribution is 7.89. The van der Waals surface area contributed by atoms with Gasteiger partial charge in [0.15, 0.2) is 5.03 Å². The van der Waals surface area contributed by atoms with Gasteiger partial charge in [0, 0.05) is 32.4 Å². The number of hydrogen-bond donors (Lipinski definition) is 1. The van der Waals surface area contributed by atoms with Crippen LogP contribution in [0.1, 0.15) is 25.3 Å². The van der Waals surface area contributed by atoms with Crippen molar-refractivity contribution < 1.29 is 13.2 Å². The van der Waals surface area contributed by atoms with Crippen molar-refractivity contribution in [2.45, 2.75) is 37.4 Å². The molecule has 2 N–H and O–H groups in total.